The summed E-state index contributed by atoms with van der Waals surface area (Å²) in [4.78, 5) is 39.8. The maximum atomic E-state index is 13.0. The first-order valence-electron chi connectivity index (χ1n) is 11.4. The highest BCUT2D eigenvalue weighted by Gasteiger charge is 2.29. The van der Waals surface area contributed by atoms with Crippen LogP contribution in [0.2, 0.25) is 0 Å². The number of aromatic carboxylic acids is 1. The Morgan fingerprint density at radius 3 is 2.18 bits per heavy atom. The number of piperidine rings is 1. The third kappa shape index (κ3) is 7.23. The van der Waals surface area contributed by atoms with Crippen molar-refractivity contribution in [1.29, 1.82) is 0 Å². The summed E-state index contributed by atoms with van der Waals surface area (Å²) in [5.41, 5.74) is 1.04. The minimum absolute atomic E-state index is 0.139. The van der Waals surface area contributed by atoms with E-state index in [1.807, 2.05) is 51.1 Å². The standard InChI is InChI=1S/C26H32N2O6/c1-26(2,3)34-24(31)27-15-13-19(14-16-27)17-28(22-11-9-21(10-12-22)23(29)30)25(32)33-18-20-7-5-4-6-8-20/h4-12,19H,13-18H2,1-3H3,(H,29,30). The van der Waals surface area contributed by atoms with E-state index in [4.69, 9.17) is 9.47 Å². The highest BCUT2D eigenvalue weighted by atomic mass is 16.6. The second-order valence-corrected chi connectivity index (χ2v) is 9.41. The molecule has 2 aromatic rings. The van der Waals surface area contributed by atoms with Crippen LogP contribution in [0.3, 0.4) is 0 Å². The lowest BCUT2D eigenvalue weighted by Crippen LogP contribution is -2.44. The van der Waals surface area contributed by atoms with Crippen molar-refractivity contribution in [2.75, 3.05) is 24.5 Å². The van der Waals surface area contributed by atoms with Gasteiger partial charge in [-0.2, -0.15) is 0 Å². The number of carboxylic acid groups (broad SMARTS) is 1. The predicted octanol–water partition coefficient (Wildman–Crippen LogP) is 5.18. The Hall–Kier alpha value is -3.55. The van der Waals surface area contributed by atoms with Crippen LogP contribution in [-0.2, 0) is 16.1 Å². The number of ether oxygens (including phenoxy) is 2. The summed E-state index contributed by atoms with van der Waals surface area (Å²) < 4.78 is 11.0. The number of anilines is 1. The number of hydrogen-bond acceptors (Lipinski definition) is 5. The second-order valence-electron chi connectivity index (χ2n) is 9.41. The van der Waals surface area contributed by atoms with Crippen LogP contribution in [-0.4, -0.2) is 53.4 Å². The molecule has 0 spiro atoms. The molecule has 1 saturated heterocycles. The van der Waals surface area contributed by atoms with Crippen LogP contribution in [0.4, 0.5) is 15.3 Å². The largest absolute Gasteiger partial charge is 0.478 e. The van der Waals surface area contributed by atoms with Crippen LogP contribution in [0.1, 0.15) is 49.5 Å². The average Bonchev–Trinajstić information content (AvgIpc) is 2.81. The van der Waals surface area contributed by atoms with Crippen molar-refractivity contribution >= 4 is 23.8 Å². The molecular weight excluding hydrogens is 436 g/mol. The normalized spacial score (nSPS) is 14.4. The van der Waals surface area contributed by atoms with E-state index < -0.39 is 17.7 Å². The fourth-order valence-electron chi connectivity index (χ4n) is 3.75. The summed E-state index contributed by atoms with van der Waals surface area (Å²) in [6, 6.07) is 15.6. The Balaban J connectivity index is 1.67. The molecule has 0 unspecified atom stereocenters. The predicted molar refractivity (Wildman–Crippen MR) is 128 cm³/mol. The van der Waals surface area contributed by atoms with Gasteiger partial charge in [0.05, 0.1) is 5.56 Å². The number of likely N-dealkylation sites (tertiary alicyclic amines) is 1. The van der Waals surface area contributed by atoms with Crippen molar-refractivity contribution in [2.24, 2.45) is 5.92 Å². The zero-order valence-electron chi connectivity index (χ0n) is 19.9. The van der Waals surface area contributed by atoms with E-state index in [0.717, 1.165) is 18.4 Å². The molecule has 1 N–H and O–H groups in total. The number of amides is 2. The van der Waals surface area contributed by atoms with Crippen molar-refractivity contribution < 1.29 is 29.0 Å². The molecule has 0 atom stereocenters. The molecule has 3 rings (SSSR count). The molecule has 34 heavy (non-hydrogen) atoms. The zero-order chi connectivity index (χ0) is 24.7. The minimum Gasteiger partial charge on any atom is -0.478 e. The monoisotopic (exact) mass is 468 g/mol. The minimum atomic E-state index is -1.03. The SMILES string of the molecule is CC(C)(C)OC(=O)N1CCC(CN(C(=O)OCc2ccccc2)c2ccc(C(=O)O)cc2)CC1. The van der Waals surface area contributed by atoms with Gasteiger partial charge in [0, 0.05) is 25.3 Å². The van der Waals surface area contributed by atoms with Gasteiger partial charge in [0.1, 0.15) is 12.2 Å². The molecule has 1 aliphatic rings. The number of carbonyl (C=O) groups excluding carboxylic acids is 2. The van der Waals surface area contributed by atoms with Crippen molar-refractivity contribution in [3.8, 4) is 0 Å². The van der Waals surface area contributed by atoms with Gasteiger partial charge in [-0.05, 0) is 69.4 Å². The number of carboxylic acids is 1. The van der Waals surface area contributed by atoms with E-state index in [-0.39, 0.29) is 24.2 Å². The molecule has 1 aliphatic heterocycles. The number of nitrogens with zero attached hydrogens (tertiary/aromatic N) is 2. The maximum Gasteiger partial charge on any atom is 0.414 e. The lowest BCUT2D eigenvalue weighted by atomic mass is 9.96. The lowest BCUT2D eigenvalue weighted by Gasteiger charge is -2.35. The van der Waals surface area contributed by atoms with Gasteiger partial charge in [-0.15, -0.1) is 0 Å². The first kappa shape index (κ1) is 25.1. The Kier molecular flexibility index (Phi) is 8.15. The van der Waals surface area contributed by atoms with Gasteiger partial charge in [0.15, 0.2) is 0 Å². The summed E-state index contributed by atoms with van der Waals surface area (Å²) >= 11 is 0. The van der Waals surface area contributed by atoms with Gasteiger partial charge >= 0.3 is 18.2 Å². The second kappa shape index (κ2) is 11.0. The summed E-state index contributed by atoms with van der Waals surface area (Å²) in [7, 11) is 0. The molecule has 8 heteroatoms. The molecule has 2 aromatic carbocycles. The van der Waals surface area contributed by atoms with Crippen molar-refractivity contribution in [3.63, 3.8) is 0 Å². The molecule has 0 saturated carbocycles. The topological polar surface area (TPSA) is 96.4 Å². The van der Waals surface area contributed by atoms with Crippen LogP contribution >= 0.6 is 0 Å². The molecule has 182 valence electrons. The summed E-state index contributed by atoms with van der Waals surface area (Å²) in [5, 5.41) is 9.19. The Labute approximate surface area is 200 Å². The highest BCUT2D eigenvalue weighted by molar-refractivity contribution is 5.91. The molecule has 8 nitrogen and oxygen atoms in total. The van der Waals surface area contributed by atoms with E-state index in [0.29, 0.717) is 25.3 Å². The molecule has 1 heterocycles. The molecule has 0 bridgehead atoms. The Morgan fingerprint density at radius 2 is 1.62 bits per heavy atom. The van der Waals surface area contributed by atoms with Gasteiger partial charge in [0.2, 0.25) is 0 Å². The smallest absolute Gasteiger partial charge is 0.414 e. The molecule has 0 radical (unpaired) electrons. The van der Waals surface area contributed by atoms with Crippen molar-refractivity contribution in [2.45, 2.75) is 45.8 Å². The van der Waals surface area contributed by atoms with Crippen LogP contribution in [0.5, 0.6) is 0 Å². The van der Waals surface area contributed by atoms with E-state index in [1.165, 1.54) is 12.1 Å². The zero-order valence-corrected chi connectivity index (χ0v) is 19.9. The van der Waals surface area contributed by atoms with E-state index in [1.54, 1.807) is 21.9 Å². The van der Waals surface area contributed by atoms with E-state index >= 15 is 0 Å². The summed E-state index contributed by atoms with van der Waals surface area (Å²) in [6.45, 7) is 7.15. The third-order valence-corrected chi connectivity index (χ3v) is 5.56. The van der Waals surface area contributed by atoms with Crippen LogP contribution in [0.25, 0.3) is 0 Å². The van der Waals surface area contributed by atoms with Crippen LogP contribution in [0.15, 0.2) is 54.6 Å². The number of benzene rings is 2. The molecular formula is C26H32N2O6. The van der Waals surface area contributed by atoms with E-state index in [2.05, 4.69) is 0 Å². The quantitative estimate of drug-likeness (QED) is 0.628. The molecule has 0 aromatic heterocycles. The number of carbonyl (C=O) groups is 3. The summed E-state index contributed by atoms with van der Waals surface area (Å²) in [5.74, 6) is -0.874. The molecule has 2 amide bonds. The Morgan fingerprint density at radius 1 is 1.00 bits per heavy atom. The van der Waals surface area contributed by atoms with Gasteiger partial charge < -0.3 is 19.5 Å². The van der Waals surface area contributed by atoms with Gasteiger partial charge in [-0.25, -0.2) is 14.4 Å². The van der Waals surface area contributed by atoms with Crippen molar-refractivity contribution in [1.82, 2.24) is 4.90 Å². The molecule has 0 aliphatic carbocycles. The highest BCUT2D eigenvalue weighted by Crippen LogP contribution is 2.25. The summed E-state index contributed by atoms with van der Waals surface area (Å²) in [6.07, 6.45) is 0.611. The lowest BCUT2D eigenvalue weighted by molar-refractivity contribution is 0.0185. The van der Waals surface area contributed by atoms with Gasteiger partial charge in [-0.1, -0.05) is 30.3 Å². The fraction of sp³-hybridized carbons (Fsp3) is 0.423. The third-order valence-electron chi connectivity index (χ3n) is 5.56. The van der Waals surface area contributed by atoms with Crippen LogP contribution < -0.4 is 4.90 Å². The first-order chi connectivity index (χ1) is 16.1. The number of rotatable bonds is 6. The average molecular weight is 469 g/mol. The van der Waals surface area contributed by atoms with Gasteiger partial charge in [0.25, 0.3) is 0 Å². The van der Waals surface area contributed by atoms with Gasteiger partial charge in [-0.3, -0.25) is 4.90 Å². The van der Waals surface area contributed by atoms with Crippen LogP contribution in [0, 0.1) is 5.92 Å². The maximum absolute atomic E-state index is 13.0. The Bertz CT molecular complexity index is 977. The number of hydrogen-bond donors (Lipinski definition) is 1. The molecule has 1 fully saturated rings. The van der Waals surface area contributed by atoms with E-state index in [9.17, 15) is 19.5 Å². The van der Waals surface area contributed by atoms with Crippen molar-refractivity contribution in [3.05, 3.63) is 65.7 Å². The fourth-order valence-corrected chi connectivity index (χ4v) is 3.75. The first-order valence-corrected chi connectivity index (χ1v) is 11.4.